The van der Waals surface area contributed by atoms with Gasteiger partial charge >= 0.3 is 5.97 Å². The van der Waals surface area contributed by atoms with Crippen LogP contribution in [-0.2, 0) is 4.79 Å². The third-order valence-electron chi connectivity index (χ3n) is 2.21. The van der Waals surface area contributed by atoms with Gasteiger partial charge in [-0.3, -0.25) is 4.79 Å². The van der Waals surface area contributed by atoms with Crippen molar-refractivity contribution in [2.75, 3.05) is 6.54 Å². The zero-order chi connectivity index (χ0) is 11.4. The molecule has 1 rings (SSSR count). The molecular weight excluding hydrogens is 194 g/mol. The van der Waals surface area contributed by atoms with E-state index in [0.717, 1.165) is 11.1 Å². The highest BCUT2D eigenvalue weighted by atomic mass is 16.4. The summed E-state index contributed by atoms with van der Waals surface area (Å²) in [6.45, 7) is 3.62. The number of hydrogen-bond donors (Lipinski definition) is 3. The molecule has 1 unspecified atom stereocenters. The number of benzene rings is 1. The van der Waals surface area contributed by atoms with Crippen LogP contribution in [0.25, 0.3) is 0 Å². The first kappa shape index (κ1) is 11.5. The summed E-state index contributed by atoms with van der Waals surface area (Å²) in [5, 5.41) is 20.9. The van der Waals surface area contributed by atoms with Crippen LogP contribution in [-0.4, -0.2) is 22.7 Å². The number of nitrogens with one attached hydrogen (secondary N) is 1. The number of carbonyl (C=O) groups is 1. The van der Waals surface area contributed by atoms with Crippen LogP contribution in [0.1, 0.15) is 24.1 Å². The van der Waals surface area contributed by atoms with Gasteiger partial charge in [0.2, 0.25) is 0 Å². The molecule has 0 saturated heterocycles. The molecule has 0 aliphatic heterocycles. The van der Waals surface area contributed by atoms with Gasteiger partial charge in [0.25, 0.3) is 0 Å². The predicted octanol–water partition coefficient (Wildman–Crippen LogP) is 1.44. The quantitative estimate of drug-likeness (QED) is 0.701. The fourth-order valence-corrected chi connectivity index (χ4v) is 1.37. The summed E-state index contributed by atoms with van der Waals surface area (Å²) in [7, 11) is 0. The Hall–Kier alpha value is -1.55. The number of aromatic hydroxyl groups is 1. The van der Waals surface area contributed by atoms with Gasteiger partial charge in [0, 0.05) is 11.6 Å². The largest absolute Gasteiger partial charge is 0.508 e. The fourth-order valence-electron chi connectivity index (χ4n) is 1.37. The lowest BCUT2D eigenvalue weighted by Crippen LogP contribution is -2.25. The Morgan fingerprint density at radius 3 is 2.80 bits per heavy atom. The fraction of sp³-hybridized carbons (Fsp3) is 0.364. The van der Waals surface area contributed by atoms with Crippen molar-refractivity contribution in [1.29, 1.82) is 0 Å². The molecule has 0 aliphatic rings. The number of aryl methyl sites for hydroxylation is 1. The summed E-state index contributed by atoms with van der Waals surface area (Å²) in [6, 6.07) is 5.09. The lowest BCUT2D eigenvalue weighted by Gasteiger charge is -2.14. The number of phenolic OH excluding ortho intramolecular Hbond substituents is 1. The smallest absolute Gasteiger partial charge is 0.317 e. The van der Waals surface area contributed by atoms with Gasteiger partial charge in [-0.15, -0.1) is 0 Å². The third-order valence-corrected chi connectivity index (χ3v) is 2.21. The van der Waals surface area contributed by atoms with E-state index in [1.54, 1.807) is 6.07 Å². The Balaban J connectivity index is 2.76. The van der Waals surface area contributed by atoms with Crippen LogP contribution in [0.3, 0.4) is 0 Å². The summed E-state index contributed by atoms with van der Waals surface area (Å²) in [5.74, 6) is -0.722. The molecule has 1 aromatic carbocycles. The number of hydrogen-bond acceptors (Lipinski definition) is 3. The Labute approximate surface area is 88.6 Å². The van der Waals surface area contributed by atoms with E-state index in [1.807, 2.05) is 26.0 Å². The molecular formula is C11H15NO3. The van der Waals surface area contributed by atoms with Crippen molar-refractivity contribution in [3.8, 4) is 5.75 Å². The molecule has 0 saturated carbocycles. The van der Waals surface area contributed by atoms with E-state index in [4.69, 9.17) is 5.11 Å². The minimum absolute atomic E-state index is 0.117. The molecule has 0 fully saturated rings. The molecule has 82 valence electrons. The maximum atomic E-state index is 10.4. The molecule has 0 radical (unpaired) electrons. The van der Waals surface area contributed by atoms with E-state index in [9.17, 15) is 9.90 Å². The predicted molar refractivity (Wildman–Crippen MR) is 56.9 cm³/mol. The van der Waals surface area contributed by atoms with E-state index >= 15 is 0 Å². The second-order valence-electron chi connectivity index (χ2n) is 3.56. The van der Waals surface area contributed by atoms with Crippen molar-refractivity contribution in [2.24, 2.45) is 0 Å². The first-order chi connectivity index (χ1) is 7.00. The average molecular weight is 209 g/mol. The number of carboxylic acid groups (broad SMARTS) is 1. The lowest BCUT2D eigenvalue weighted by molar-refractivity contribution is -0.136. The minimum atomic E-state index is -0.908. The summed E-state index contributed by atoms with van der Waals surface area (Å²) in [6.07, 6.45) is 0. The van der Waals surface area contributed by atoms with Crippen LogP contribution >= 0.6 is 0 Å². The van der Waals surface area contributed by atoms with Crippen LogP contribution < -0.4 is 5.32 Å². The average Bonchev–Trinajstić information content (AvgIpc) is 2.18. The Kier molecular flexibility index (Phi) is 3.68. The number of rotatable bonds is 4. The monoisotopic (exact) mass is 209 g/mol. The van der Waals surface area contributed by atoms with E-state index in [-0.39, 0.29) is 18.3 Å². The summed E-state index contributed by atoms with van der Waals surface area (Å²) in [4.78, 5) is 10.4. The SMILES string of the molecule is Cc1ccc(O)c(C(C)NCC(=O)O)c1. The van der Waals surface area contributed by atoms with Gasteiger partial charge in [0.1, 0.15) is 5.75 Å². The van der Waals surface area contributed by atoms with Crippen molar-refractivity contribution >= 4 is 5.97 Å². The molecule has 15 heavy (non-hydrogen) atoms. The maximum Gasteiger partial charge on any atom is 0.317 e. The van der Waals surface area contributed by atoms with Gasteiger partial charge in [0.05, 0.1) is 6.54 Å². The van der Waals surface area contributed by atoms with Crippen LogP contribution in [0.2, 0.25) is 0 Å². The maximum absolute atomic E-state index is 10.4. The second kappa shape index (κ2) is 4.79. The highest BCUT2D eigenvalue weighted by Crippen LogP contribution is 2.24. The topological polar surface area (TPSA) is 69.6 Å². The van der Waals surface area contributed by atoms with Crippen molar-refractivity contribution in [3.05, 3.63) is 29.3 Å². The molecule has 0 spiro atoms. The molecule has 1 aromatic rings. The second-order valence-corrected chi connectivity index (χ2v) is 3.56. The molecule has 0 amide bonds. The van der Waals surface area contributed by atoms with E-state index in [0.29, 0.717) is 0 Å². The van der Waals surface area contributed by atoms with Crippen molar-refractivity contribution < 1.29 is 15.0 Å². The first-order valence-electron chi connectivity index (χ1n) is 4.75. The van der Waals surface area contributed by atoms with Crippen LogP contribution in [0, 0.1) is 6.92 Å². The molecule has 4 heteroatoms. The third kappa shape index (κ3) is 3.25. The van der Waals surface area contributed by atoms with Crippen LogP contribution in [0.15, 0.2) is 18.2 Å². The van der Waals surface area contributed by atoms with Crippen molar-refractivity contribution in [3.63, 3.8) is 0 Å². The highest BCUT2D eigenvalue weighted by molar-refractivity contribution is 5.69. The van der Waals surface area contributed by atoms with Gasteiger partial charge in [-0.1, -0.05) is 17.7 Å². The lowest BCUT2D eigenvalue weighted by atomic mass is 10.0. The van der Waals surface area contributed by atoms with Crippen LogP contribution in [0.4, 0.5) is 0 Å². The van der Waals surface area contributed by atoms with E-state index < -0.39 is 5.97 Å². The molecule has 0 bridgehead atoms. The van der Waals surface area contributed by atoms with Crippen molar-refractivity contribution in [2.45, 2.75) is 19.9 Å². The van der Waals surface area contributed by atoms with Gasteiger partial charge in [-0.05, 0) is 19.9 Å². The number of aliphatic carboxylic acids is 1. The molecule has 0 aliphatic carbocycles. The van der Waals surface area contributed by atoms with E-state index in [1.165, 1.54) is 0 Å². The van der Waals surface area contributed by atoms with Crippen LogP contribution in [0.5, 0.6) is 5.75 Å². The summed E-state index contributed by atoms with van der Waals surface area (Å²) >= 11 is 0. The normalized spacial score (nSPS) is 12.4. The van der Waals surface area contributed by atoms with Gasteiger partial charge in [0.15, 0.2) is 0 Å². The Bertz CT molecular complexity index is 363. The highest BCUT2D eigenvalue weighted by Gasteiger charge is 2.10. The molecule has 1 atom stereocenters. The number of carboxylic acids is 1. The Morgan fingerprint density at radius 2 is 2.20 bits per heavy atom. The zero-order valence-electron chi connectivity index (χ0n) is 8.82. The molecule has 4 nitrogen and oxygen atoms in total. The molecule has 0 aromatic heterocycles. The summed E-state index contributed by atoms with van der Waals surface area (Å²) in [5.41, 5.74) is 1.75. The van der Waals surface area contributed by atoms with Crippen molar-refractivity contribution in [1.82, 2.24) is 5.32 Å². The summed E-state index contributed by atoms with van der Waals surface area (Å²) < 4.78 is 0. The minimum Gasteiger partial charge on any atom is -0.508 e. The molecule has 3 N–H and O–H groups in total. The Morgan fingerprint density at radius 1 is 1.53 bits per heavy atom. The van der Waals surface area contributed by atoms with E-state index in [2.05, 4.69) is 5.32 Å². The number of phenols is 1. The van der Waals surface area contributed by atoms with Gasteiger partial charge < -0.3 is 15.5 Å². The first-order valence-corrected chi connectivity index (χ1v) is 4.75. The molecule has 0 heterocycles. The van der Waals surface area contributed by atoms with Gasteiger partial charge in [-0.25, -0.2) is 0 Å². The standard InChI is InChI=1S/C11H15NO3/c1-7-3-4-10(13)9(5-7)8(2)12-6-11(14)15/h3-5,8,12-13H,6H2,1-2H3,(H,14,15). The van der Waals surface area contributed by atoms with Gasteiger partial charge in [-0.2, -0.15) is 0 Å². The zero-order valence-corrected chi connectivity index (χ0v) is 8.82.